The van der Waals surface area contributed by atoms with Crippen molar-refractivity contribution in [1.29, 1.82) is 0 Å². The first kappa shape index (κ1) is 24.0. The standard InChI is InChI=1S/C23H48O/c1-22(2)18-14-11-9-7-5-6-8-10-12-16-20-24-21-17-13-15-19-23(3)4/h22-23H,5-21H2,1-4H3. The van der Waals surface area contributed by atoms with Crippen molar-refractivity contribution in [2.75, 3.05) is 13.2 Å². The fourth-order valence-electron chi connectivity index (χ4n) is 3.21. The molecule has 0 amide bonds. The maximum absolute atomic E-state index is 5.74. The molecule has 0 N–H and O–H groups in total. The second-order valence-corrected chi connectivity index (χ2v) is 8.57. The van der Waals surface area contributed by atoms with Crippen molar-refractivity contribution in [2.45, 2.75) is 124 Å². The van der Waals surface area contributed by atoms with Gasteiger partial charge >= 0.3 is 0 Å². The van der Waals surface area contributed by atoms with Crippen molar-refractivity contribution < 1.29 is 4.74 Å². The molecule has 0 unspecified atom stereocenters. The van der Waals surface area contributed by atoms with Crippen LogP contribution in [0.25, 0.3) is 0 Å². The summed E-state index contributed by atoms with van der Waals surface area (Å²) >= 11 is 0. The van der Waals surface area contributed by atoms with Gasteiger partial charge in [-0.05, 0) is 24.7 Å². The molecule has 0 spiro atoms. The summed E-state index contributed by atoms with van der Waals surface area (Å²) in [5, 5.41) is 0. The zero-order valence-corrected chi connectivity index (χ0v) is 17.6. The van der Waals surface area contributed by atoms with Gasteiger partial charge in [-0.1, -0.05) is 111 Å². The molecule has 0 bridgehead atoms. The first-order chi connectivity index (χ1) is 11.6. The lowest BCUT2D eigenvalue weighted by Crippen LogP contribution is -1.97. The van der Waals surface area contributed by atoms with Crippen LogP contribution in [-0.2, 0) is 4.74 Å². The van der Waals surface area contributed by atoms with E-state index in [-0.39, 0.29) is 0 Å². The van der Waals surface area contributed by atoms with Crippen LogP contribution >= 0.6 is 0 Å². The molecule has 0 saturated heterocycles. The topological polar surface area (TPSA) is 9.23 Å². The van der Waals surface area contributed by atoms with E-state index < -0.39 is 0 Å². The molecule has 0 fully saturated rings. The highest BCUT2D eigenvalue weighted by atomic mass is 16.5. The van der Waals surface area contributed by atoms with Crippen LogP contribution in [0, 0.1) is 11.8 Å². The van der Waals surface area contributed by atoms with Crippen LogP contribution in [0.2, 0.25) is 0 Å². The van der Waals surface area contributed by atoms with Crippen LogP contribution in [0.5, 0.6) is 0 Å². The molecule has 0 rings (SSSR count). The molecular formula is C23H48O. The molecule has 0 aliphatic carbocycles. The van der Waals surface area contributed by atoms with Gasteiger partial charge in [0.25, 0.3) is 0 Å². The average molecular weight is 341 g/mol. The van der Waals surface area contributed by atoms with Gasteiger partial charge in [0, 0.05) is 13.2 Å². The third kappa shape index (κ3) is 22.0. The van der Waals surface area contributed by atoms with Gasteiger partial charge in [-0.3, -0.25) is 0 Å². The number of ether oxygens (including phenoxy) is 1. The minimum atomic E-state index is 0.857. The Balaban J connectivity index is 2.98. The zero-order chi connectivity index (χ0) is 17.9. The van der Waals surface area contributed by atoms with Gasteiger partial charge in [-0.15, -0.1) is 0 Å². The monoisotopic (exact) mass is 340 g/mol. The second kappa shape index (κ2) is 19.3. The Hall–Kier alpha value is -0.0400. The smallest absolute Gasteiger partial charge is 0.0466 e. The van der Waals surface area contributed by atoms with E-state index in [0.717, 1.165) is 25.0 Å². The van der Waals surface area contributed by atoms with Crippen LogP contribution < -0.4 is 0 Å². The molecule has 0 aliphatic heterocycles. The van der Waals surface area contributed by atoms with E-state index in [4.69, 9.17) is 4.74 Å². The van der Waals surface area contributed by atoms with Crippen LogP contribution in [0.15, 0.2) is 0 Å². The summed E-state index contributed by atoms with van der Waals surface area (Å²) < 4.78 is 5.74. The Morgan fingerprint density at radius 1 is 0.417 bits per heavy atom. The van der Waals surface area contributed by atoms with Crippen molar-refractivity contribution in [2.24, 2.45) is 11.8 Å². The molecule has 0 atom stereocenters. The van der Waals surface area contributed by atoms with Crippen molar-refractivity contribution in [1.82, 2.24) is 0 Å². The van der Waals surface area contributed by atoms with Gasteiger partial charge < -0.3 is 4.74 Å². The van der Waals surface area contributed by atoms with Gasteiger partial charge in [0.05, 0.1) is 0 Å². The summed E-state index contributed by atoms with van der Waals surface area (Å²) in [6.45, 7) is 11.3. The fourth-order valence-corrected chi connectivity index (χ4v) is 3.21. The third-order valence-corrected chi connectivity index (χ3v) is 4.89. The van der Waals surface area contributed by atoms with E-state index in [1.807, 2.05) is 0 Å². The Bertz CT molecular complexity index is 198. The summed E-state index contributed by atoms with van der Waals surface area (Å²) in [7, 11) is 0. The van der Waals surface area contributed by atoms with Gasteiger partial charge in [0.15, 0.2) is 0 Å². The molecule has 1 heteroatoms. The summed E-state index contributed by atoms with van der Waals surface area (Å²) in [5.41, 5.74) is 0. The number of rotatable bonds is 19. The molecule has 0 aromatic heterocycles. The largest absolute Gasteiger partial charge is 0.381 e. The highest BCUT2D eigenvalue weighted by molar-refractivity contribution is 4.50. The molecule has 0 heterocycles. The molecule has 0 aromatic rings. The Labute approximate surface area is 154 Å². The van der Waals surface area contributed by atoms with E-state index in [0.29, 0.717) is 0 Å². The number of unbranched alkanes of at least 4 members (excludes halogenated alkanes) is 11. The molecule has 24 heavy (non-hydrogen) atoms. The Morgan fingerprint density at radius 3 is 1.08 bits per heavy atom. The first-order valence-corrected chi connectivity index (χ1v) is 11.2. The number of hydrogen-bond donors (Lipinski definition) is 0. The quantitative estimate of drug-likeness (QED) is 0.215. The highest BCUT2D eigenvalue weighted by Gasteiger charge is 1.97. The third-order valence-electron chi connectivity index (χ3n) is 4.89. The molecule has 0 aromatic carbocycles. The van der Waals surface area contributed by atoms with Gasteiger partial charge in [0.1, 0.15) is 0 Å². The minimum Gasteiger partial charge on any atom is -0.381 e. The van der Waals surface area contributed by atoms with E-state index in [9.17, 15) is 0 Å². The van der Waals surface area contributed by atoms with Crippen LogP contribution in [0.3, 0.4) is 0 Å². The summed E-state index contributed by atoms with van der Waals surface area (Å²) in [4.78, 5) is 0. The summed E-state index contributed by atoms with van der Waals surface area (Å²) in [6.07, 6.45) is 20.9. The lowest BCUT2D eigenvalue weighted by Gasteiger charge is -2.06. The van der Waals surface area contributed by atoms with Crippen molar-refractivity contribution in [3.63, 3.8) is 0 Å². The van der Waals surface area contributed by atoms with E-state index in [1.165, 1.54) is 96.3 Å². The normalized spacial score (nSPS) is 11.8. The SMILES string of the molecule is CC(C)CCCCCCCCCCCCOCCCCCC(C)C. The van der Waals surface area contributed by atoms with Crippen LogP contribution in [0.1, 0.15) is 124 Å². The van der Waals surface area contributed by atoms with E-state index in [2.05, 4.69) is 27.7 Å². The number of hydrogen-bond acceptors (Lipinski definition) is 1. The van der Waals surface area contributed by atoms with Gasteiger partial charge in [0.2, 0.25) is 0 Å². The molecule has 146 valence electrons. The maximum Gasteiger partial charge on any atom is 0.0466 e. The predicted octanol–water partition coefficient (Wildman–Crippen LogP) is 8.17. The van der Waals surface area contributed by atoms with E-state index in [1.54, 1.807) is 0 Å². The lowest BCUT2D eigenvalue weighted by molar-refractivity contribution is 0.125. The maximum atomic E-state index is 5.74. The lowest BCUT2D eigenvalue weighted by atomic mass is 10.0. The molecule has 0 aliphatic rings. The fraction of sp³-hybridized carbons (Fsp3) is 1.00. The van der Waals surface area contributed by atoms with Crippen molar-refractivity contribution in [3.8, 4) is 0 Å². The van der Waals surface area contributed by atoms with Gasteiger partial charge in [-0.25, -0.2) is 0 Å². The van der Waals surface area contributed by atoms with Crippen molar-refractivity contribution >= 4 is 0 Å². The van der Waals surface area contributed by atoms with Crippen LogP contribution in [0.4, 0.5) is 0 Å². The van der Waals surface area contributed by atoms with Crippen LogP contribution in [-0.4, -0.2) is 13.2 Å². The first-order valence-electron chi connectivity index (χ1n) is 11.2. The predicted molar refractivity (Wildman–Crippen MR) is 110 cm³/mol. The summed E-state index contributed by atoms with van der Waals surface area (Å²) in [5.74, 6) is 1.75. The van der Waals surface area contributed by atoms with E-state index >= 15 is 0 Å². The van der Waals surface area contributed by atoms with Gasteiger partial charge in [-0.2, -0.15) is 0 Å². The second-order valence-electron chi connectivity index (χ2n) is 8.57. The molecule has 0 radical (unpaired) electrons. The average Bonchev–Trinajstić information content (AvgIpc) is 2.53. The molecule has 1 nitrogen and oxygen atoms in total. The highest BCUT2D eigenvalue weighted by Crippen LogP contribution is 2.13. The molecular weight excluding hydrogens is 292 g/mol. The summed E-state index contributed by atoms with van der Waals surface area (Å²) in [6, 6.07) is 0. The van der Waals surface area contributed by atoms with Crippen molar-refractivity contribution in [3.05, 3.63) is 0 Å². The Morgan fingerprint density at radius 2 is 0.708 bits per heavy atom. The zero-order valence-electron chi connectivity index (χ0n) is 17.6. The Kier molecular flexibility index (Phi) is 19.3. The molecule has 0 saturated carbocycles. The minimum absolute atomic E-state index is 0.857.